The van der Waals surface area contributed by atoms with Crippen molar-refractivity contribution in [2.75, 3.05) is 50.8 Å². The van der Waals surface area contributed by atoms with Gasteiger partial charge in [-0.15, -0.1) is 0 Å². The second kappa shape index (κ2) is 13.0. The van der Waals surface area contributed by atoms with E-state index >= 15 is 0 Å². The number of aromatic carboxylic acids is 1. The van der Waals surface area contributed by atoms with Crippen LogP contribution in [0.1, 0.15) is 121 Å². The molecule has 0 aromatic heterocycles. The lowest BCUT2D eigenvalue weighted by Gasteiger charge is -2.73. The molecule has 0 spiro atoms. The number of hydrogen-bond acceptors (Lipinski definition) is 5. The van der Waals surface area contributed by atoms with E-state index in [4.69, 9.17) is 0 Å². The van der Waals surface area contributed by atoms with Gasteiger partial charge in [-0.1, -0.05) is 39.3 Å². The van der Waals surface area contributed by atoms with Gasteiger partial charge in [0.1, 0.15) is 0 Å². The summed E-state index contributed by atoms with van der Waals surface area (Å²) in [4.78, 5) is 16.7. The summed E-state index contributed by atoms with van der Waals surface area (Å²) >= 11 is 0. The molecule has 2 N–H and O–H groups in total. The predicted molar refractivity (Wildman–Crippen MR) is 197 cm³/mol. The van der Waals surface area contributed by atoms with Crippen LogP contribution in [0.3, 0.4) is 0 Å². The lowest BCUT2D eigenvalue weighted by Crippen LogP contribution is -2.69. The van der Waals surface area contributed by atoms with Crippen LogP contribution >= 0.6 is 0 Å². The summed E-state index contributed by atoms with van der Waals surface area (Å²) in [6.07, 6.45) is 15.2. The number of carboxylic acids is 1. The number of piperidine rings is 1. The molecule has 2 aliphatic heterocycles. The fourth-order valence-corrected chi connectivity index (χ4v) is 14.8. The van der Waals surface area contributed by atoms with E-state index < -0.39 is 16.8 Å². The molecule has 1 aromatic rings. The Labute approximate surface area is 294 Å². The topological polar surface area (TPSA) is 72.9 Å². The minimum atomic E-state index is -0.849. The third-order valence-corrected chi connectivity index (χ3v) is 17.8. The van der Waals surface area contributed by atoms with E-state index in [9.17, 15) is 14.1 Å². The SMILES string of the molecule is CC12CCN(Cc3ccc(C(=O)O)cc3)C(C)(C)C1CCC1(C)C2CCC2C3CCCC3(CNCCCN3CCS(=O)CC3)CC[C@]21C. The number of likely N-dealkylation sites (tertiary alicyclic amines) is 1. The van der Waals surface area contributed by atoms with Crippen LogP contribution in [0.15, 0.2) is 24.3 Å². The minimum absolute atomic E-state index is 0.114. The van der Waals surface area contributed by atoms with Crippen LogP contribution in [0.5, 0.6) is 0 Å². The molecule has 7 rings (SSSR count). The van der Waals surface area contributed by atoms with E-state index in [2.05, 4.69) is 49.7 Å². The van der Waals surface area contributed by atoms with Gasteiger partial charge in [-0.3, -0.25) is 9.11 Å². The van der Waals surface area contributed by atoms with Gasteiger partial charge in [0.25, 0.3) is 0 Å². The molecule has 0 amide bonds. The quantitative estimate of drug-likeness (QED) is 0.264. The Morgan fingerprint density at radius 1 is 0.854 bits per heavy atom. The van der Waals surface area contributed by atoms with E-state index in [1.54, 1.807) is 12.1 Å². The van der Waals surface area contributed by atoms with Gasteiger partial charge in [0, 0.05) is 54.0 Å². The van der Waals surface area contributed by atoms with E-state index in [-0.39, 0.29) is 5.54 Å². The Bertz CT molecular complexity index is 1360. The molecule has 7 heteroatoms. The molecule has 6 fully saturated rings. The van der Waals surface area contributed by atoms with E-state index in [0.717, 1.165) is 68.5 Å². The zero-order valence-electron chi connectivity index (χ0n) is 30.8. The Hall–Kier alpha value is -1.28. The molecular formula is C41H65N3O3S. The standard InChI is InChI=1S/C41H65N3O3S/c1-37(2)34-15-17-40(5)35(38(34,3)20-23-44(37)28-30-9-11-31(12-10-30)36(45)46)14-13-32-33-8-6-16-41(33,19-18-39(32,40)4)29-42-21-7-22-43-24-26-48(47)27-25-43/h9-12,32-35,42H,6-8,13-29H2,1-5H3,(H,45,46)/t32?,33?,34?,35?,38?,39-,40?,41?/m1/s1. The molecule has 0 radical (unpaired) electrons. The largest absolute Gasteiger partial charge is 0.478 e. The number of fused-ring (bicyclic) bond motifs is 7. The maximum Gasteiger partial charge on any atom is 0.335 e. The Morgan fingerprint density at radius 2 is 1.60 bits per heavy atom. The number of hydrogen-bond donors (Lipinski definition) is 2. The predicted octanol–water partition coefficient (Wildman–Crippen LogP) is 7.45. The number of benzene rings is 1. The molecule has 4 saturated carbocycles. The first-order valence-electron chi connectivity index (χ1n) is 19.7. The van der Waals surface area contributed by atoms with Crippen molar-refractivity contribution in [3.63, 3.8) is 0 Å². The number of carboxylic acid groups (broad SMARTS) is 1. The van der Waals surface area contributed by atoms with Crippen molar-refractivity contribution >= 4 is 16.8 Å². The average molecular weight is 680 g/mol. The maximum absolute atomic E-state index is 11.7. The van der Waals surface area contributed by atoms with Crippen LogP contribution < -0.4 is 5.32 Å². The number of nitrogens with one attached hydrogen (secondary N) is 1. The van der Waals surface area contributed by atoms with E-state index in [0.29, 0.717) is 33.1 Å². The van der Waals surface area contributed by atoms with Crippen molar-refractivity contribution in [2.45, 2.75) is 117 Å². The van der Waals surface area contributed by atoms with Crippen molar-refractivity contribution in [1.82, 2.24) is 15.1 Å². The number of rotatable bonds is 9. The van der Waals surface area contributed by atoms with Gasteiger partial charge in [-0.2, -0.15) is 0 Å². The smallest absolute Gasteiger partial charge is 0.335 e. The molecule has 268 valence electrons. The molecule has 7 unspecified atom stereocenters. The summed E-state index contributed by atoms with van der Waals surface area (Å²) in [7, 11) is -0.582. The van der Waals surface area contributed by atoms with Gasteiger partial charge >= 0.3 is 5.97 Å². The van der Waals surface area contributed by atoms with Gasteiger partial charge < -0.3 is 15.3 Å². The first-order valence-corrected chi connectivity index (χ1v) is 21.2. The van der Waals surface area contributed by atoms with Gasteiger partial charge in [-0.25, -0.2) is 4.79 Å². The monoisotopic (exact) mass is 679 g/mol. The normalized spacial score (nSPS) is 41.6. The number of carbonyl (C=O) groups is 1. The number of nitrogens with zero attached hydrogens (tertiary/aromatic N) is 2. The summed E-state index contributed by atoms with van der Waals surface area (Å²) in [6, 6.07) is 7.59. The zero-order valence-corrected chi connectivity index (χ0v) is 31.6. The molecule has 6 nitrogen and oxygen atoms in total. The third-order valence-electron chi connectivity index (χ3n) is 16.5. The summed E-state index contributed by atoms with van der Waals surface area (Å²) < 4.78 is 11.7. The lowest BCUT2D eigenvalue weighted by molar-refractivity contribution is -0.240. The summed E-state index contributed by atoms with van der Waals surface area (Å²) in [5.41, 5.74) is 3.43. The van der Waals surface area contributed by atoms with E-state index in [1.807, 2.05) is 12.1 Å². The van der Waals surface area contributed by atoms with Crippen LogP contribution in [-0.4, -0.2) is 81.4 Å². The summed E-state index contributed by atoms with van der Waals surface area (Å²) in [5, 5.41) is 13.4. The molecule has 1 aromatic carbocycles. The summed E-state index contributed by atoms with van der Waals surface area (Å²) in [5.74, 6) is 4.10. The average Bonchev–Trinajstić information content (AvgIpc) is 3.48. The van der Waals surface area contributed by atoms with Gasteiger partial charge in [-0.05, 0) is 161 Å². The highest BCUT2D eigenvalue weighted by molar-refractivity contribution is 7.85. The van der Waals surface area contributed by atoms with Crippen LogP contribution in [-0.2, 0) is 17.3 Å². The van der Waals surface area contributed by atoms with Crippen LogP contribution in [0.4, 0.5) is 0 Å². The highest BCUT2D eigenvalue weighted by Gasteiger charge is 2.69. The Balaban J connectivity index is 1.02. The van der Waals surface area contributed by atoms with Crippen LogP contribution in [0.25, 0.3) is 0 Å². The molecule has 0 bridgehead atoms. The molecule has 8 atom stereocenters. The highest BCUT2D eigenvalue weighted by atomic mass is 32.2. The van der Waals surface area contributed by atoms with Crippen LogP contribution in [0.2, 0.25) is 0 Å². The van der Waals surface area contributed by atoms with Gasteiger partial charge in [0.15, 0.2) is 0 Å². The fraction of sp³-hybridized carbons (Fsp3) is 0.829. The van der Waals surface area contributed by atoms with Crippen molar-refractivity contribution < 1.29 is 14.1 Å². The Morgan fingerprint density at radius 3 is 2.33 bits per heavy atom. The first-order chi connectivity index (χ1) is 22.8. The van der Waals surface area contributed by atoms with Crippen molar-refractivity contribution in [3.8, 4) is 0 Å². The summed E-state index contributed by atoms with van der Waals surface area (Å²) in [6.45, 7) is 20.8. The molecule has 2 saturated heterocycles. The lowest BCUT2D eigenvalue weighted by atomic mass is 9.33. The highest BCUT2D eigenvalue weighted by Crippen LogP contribution is 2.76. The first kappa shape index (κ1) is 35.1. The fourth-order valence-electron chi connectivity index (χ4n) is 13.7. The van der Waals surface area contributed by atoms with E-state index in [1.165, 1.54) is 82.7 Å². The molecule has 4 aliphatic carbocycles. The van der Waals surface area contributed by atoms with Gasteiger partial charge in [0.05, 0.1) is 5.56 Å². The van der Waals surface area contributed by atoms with Crippen molar-refractivity contribution in [2.24, 2.45) is 45.3 Å². The molecular weight excluding hydrogens is 615 g/mol. The minimum Gasteiger partial charge on any atom is -0.478 e. The molecule has 48 heavy (non-hydrogen) atoms. The second-order valence-corrected chi connectivity index (χ2v) is 20.3. The molecule has 2 heterocycles. The molecule has 6 aliphatic rings. The van der Waals surface area contributed by atoms with Gasteiger partial charge in [0.2, 0.25) is 0 Å². The Kier molecular flexibility index (Phi) is 9.55. The van der Waals surface area contributed by atoms with Crippen molar-refractivity contribution in [3.05, 3.63) is 35.4 Å². The zero-order chi connectivity index (χ0) is 34.0. The third kappa shape index (κ3) is 5.77. The second-order valence-electron chi connectivity index (χ2n) is 18.6. The maximum atomic E-state index is 11.7. The van der Waals surface area contributed by atoms with Crippen molar-refractivity contribution in [1.29, 1.82) is 0 Å². The van der Waals surface area contributed by atoms with Crippen LogP contribution in [0, 0.1) is 45.3 Å².